The fraction of sp³-hybridized carbons (Fsp3) is 0.0476. The van der Waals surface area contributed by atoms with Crippen LogP contribution in [0.5, 0.6) is 5.75 Å². The van der Waals surface area contributed by atoms with Gasteiger partial charge in [0.25, 0.3) is 5.91 Å². The Morgan fingerprint density at radius 2 is 1.72 bits per heavy atom. The van der Waals surface area contributed by atoms with E-state index in [-0.39, 0.29) is 5.02 Å². The number of amides is 1. The molecule has 148 valence electrons. The number of nitrogens with one attached hydrogen (secondary N) is 1. The van der Waals surface area contributed by atoms with Crippen molar-refractivity contribution in [2.75, 3.05) is 0 Å². The fourth-order valence-electron chi connectivity index (χ4n) is 2.42. The molecule has 0 heterocycles. The predicted molar refractivity (Wildman–Crippen MR) is 124 cm³/mol. The van der Waals surface area contributed by atoms with Crippen molar-refractivity contribution in [1.29, 1.82) is 0 Å². The summed E-state index contributed by atoms with van der Waals surface area (Å²) in [5.41, 5.74) is 4.57. The van der Waals surface area contributed by atoms with Crippen LogP contribution in [0.15, 0.2) is 74.7 Å². The van der Waals surface area contributed by atoms with Gasteiger partial charge in [0.05, 0.1) is 25.7 Å². The predicted octanol–water partition coefficient (Wildman–Crippen LogP) is 6.86. The lowest BCUT2D eigenvalue weighted by Crippen LogP contribution is -2.18. The summed E-state index contributed by atoms with van der Waals surface area (Å²) in [7, 11) is 0. The minimum Gasteiger partial charge on any atom is -0.487 e. The van der Waals surface area contributed by atoms with Crippen molar-refractivity contribution < 1.29 is 9.53 Å². The smallest absolute Gasteiger partial charge is 0.272 e. The lowest BCUT2D eigenvalue weighted by atomic mass is 10.2. The number of ether oxygens (including phenoxy) is 1. The quantitative estimate of drug-likeness (QED) is 0.266. The zero-order chi connectivity index (χ0) is 20.8. The van der Waals surface area contributed by atoms with Crippen molar-refractivity contribution >= 4 is 67.2 Å². The van der Waals surface area contributed by atoms with E-state index < -0.39 is 5.91 Å². The minimum absolute atomic E-state index is 0.260. The Kier molecular flexibility index (Phi) is 7.72. The number of hydrazone groups is 1. The van der Waals surface area contributed by atoms with Crippen molar-refractivity contribution in [2.24, 2.45) is 5.10 Å². The van der Waals surface area contributed by atoms with Gasteiger partial charge in [-0.15, -0.1) is 0 Å². The molecule has 0 bridgehead atoms. The van der Waals surface area contributed by atoms with Gasteiger partial charge in [-0.3, -0.25) is 4.79 Å². The summed E-state index contributed by atoms with van der Waals surface area (Å²) in [6, 6.07) is 18.2. The molecule has 3 rings (SSSR count). The summed E-state index contributed by atoms with van der Waals surface area (Å²) in [6.07, 6.45) is 1.53. The number of carbonyl (C=O) groups is 1. The zero-order valence-electron chi connectivity index (χ0n) is 14.8. The first-order valence-electron chi connectivity index (χ1n) is 8.38. The number of halogens is 4. The van der Waals surface area contributed by atoms with E-state index in [2.05, 4.69) is 42.4 Å². The normalized spacial score (nSPS) is 10.9. The van der Waals surface area contributed by atoms with Crippen molar-refractivity contribution in [3.63, 3.8) is 0 Å². The van der Waals surface area contributed by atoms with Gasteiger partial charge in [0, 0.05) is 5.02 Å². The van der Waals surface area contributed by atoms with E-state index in [1.807, 2.05) is 42.5 Å². The number of benzene rings is 3. The average molecular weight is 557 g/mol. The molecule has 0 saturated heterocycles. The first-order valence-corrected chi connectivity index (χ1v) is 10.7. The lowest BCUT2D eigenvalue weighted by Gasteiger charge is -2.11. The van der Waals surface area contributed by atoms with Crippen molar-refractivity contribution in [2.45, 2.75) is 6.61 Å². The maximum atomic E-state index is 12.2. The maximum absolute atomic E-state index is 12.2. The molecule has 0 radical (unpaired) electrons. The van der Waals surface area contributed by atoms with Crippen LogP contribution >= 0.6 is 55.1 Å². The minimum atomic E-state index is -0.427. The van der Waals surface area contributed by atoms with Gasteiger partial charge in [-0.05, 0) is 73.3 Å². The Labute approximate surface area is 195 Å². The van der Waals surface area contributed by atoms with Gasteiger partial charge in [-0.1, -0.05) is 53.5 Å². The summed E-state index contributed by atoms with van der Waals surface area (Å²) >= 11 is 18.9. The highest BCUT2D eigenvalue weighted by Gasteiger charge is 2.11. The molecule has 0 aliphatic rings. The Morgan fingerprint density at radius 1 is 1.03 bits per heavy atom. The van der Waals surface area contributed by atoms with Crippen LogP contribution in [-0.4, -0.2) is 12.1 Å². The van der Waals surface area contributed by atoms with Crippen LogP contribution in [-0.2, 0) is 6.61 Å². The Hall–Kier alpha value is -1.86. The maximum Gasteiger partial charge on any atom is 0.272 e. The van der Waals surface area contributed by atoms with Gasteiger partial charge in [-0.2, -0.15) is 5.10 Å². The summed E-state index contributed by atoms with van der Waals surface area (Å²) < 4.78 is 7.42. The van der Waals surface area contributed by atoms with Gasteiger partial charge in [0.1, 0.15) is 12.4 Å². The Bertz CT molecular complexity index is 1040. The molecule has 0 unspecified atom stereocenters. The molecule has 4 nitrogen and oxygen atoms in total. The molecule has 1 N–H and O–H groups in total. The van der Waals surface area contributed by atoms with E-state index in [1.165, 1.54) is 12.3 Å². The third kappa shape index (κ3) is 6.06. The largest absolute Gasteiger partial charge is 0.487 e. The van der Waals surface area contributed by atoms with Crippen LogP contribution in [0.2, 0.25) is 10.0 Å². The van der Waals surface area contributed by atoms with Crippen LogP contribution in [0.3, 0.4) is 0 Å². The van der Waals surface area contributed by atoms with Crippen LogP contribution in [0.1, 0.15) is 21.5 Å². The zero-order valence-corrected chi connectivity index (χ0v) is 19.5. The average Bonchev–Trinajstić information content (AvgIpc) is 2.68. The number of nitrogens with zero attached hydrogens (tertiary/aromatic N) is 1. The molecule has 8 heteroatoms. The first kappa shape index (κ1) is 21.8. The summed E-state index contributed by atoms with van der Waals surface area (Å²) in [5, 5.41) is 4.71. The van der Waals surface area contributed by atoms with Crippen molar-refractivity contribution in [3.05, 3.63) is 96.3 Å². The molecule has 0 aromatic heterocycles. The molecule has 3 aromatic carbocycles. The van der Waals surface area contributed by atoms with E-state index in [1.54, 1.807) is 12.1 Å². The summed E-state index contributed by atoms with van der Waals surface area (Å²) in [4.78, 5) is 12.2. The SMILES string of the molecule is O=C(N/N=C\c1cc(Br)c(OCc2ccccc2)c(Br)c1)c1ccc(Cl)cc1Cl. The van der Waals surface area contributed by atoms with Gasteiger partial charge in [0.15, 0.2) is 0 Å². The molecule has 0 fully saturated rings. The molecule has 0 spiro atoms. The fourth-order valence-corrected chi connectivity index (χ4v) is 4.37. The van der Waals surface area contributed by atoms with Crippen LogP contribution < -0.4 is 10.2 Å². The van der Waals surface area contributed by atoms with Crippen molar-refractivity contribution in [1.82, 2.24) is 5.43 Å². The molecular formula is C21H14Br2Cl2N2O2. The van der Waals surface area contributed by atoms with E-state index in [0.29, 0.717) is 22.9 Å². The van der Waals surface area contributed by atoms with E-state index in [9.17, 15) is 4.79 Å². The monoisotopic (exact) mass is 554 g/mol. The molecule has 0 aliphatic carbocycles. The number of hydrogen-bond donors (Lipinski definition) is 1. The molecular weight excluding hydrogens is 543 g/mol. The van der Waals surface area contributed by atoms with Crippen LogP contribution in [0.25, 0.3) is 0 Å². The molecule has 0 aliphatic heterocycles. The standard InChI is InChI=1S/C21H14Br2Cl2N2O2/c22-17-8-14(9-18(23)20(17)29-12-13-4-2-1-3-5-13)11-26-27-21(28)16-7-6-15(24)10-19(16)25/h1-11H,12H2,(H,27,28)/b26-11-. The van der Waals surface area contributed by atoms with Gasteiger partial charge >= 0.3 is 0 Å². The third-order valence-corrected chi connectivity index (χ3v) is 5.53. The number of rotatable bonds is 6. The van der Waals surface area contributed by atoms with E-state index in [0.717, 1.165) is 20.1 Å². The van der Waals surface area contributed by atoms with E-state index in [4.69, 9.17) is 27.9 Å². The third-order valence-electron chi connectivity index (χ3n) is 3.80. The summed E-state index contributed by atoms with van der Waals surface area (Å²) in [5.74, 6) is 0.256. The highest BCUT2D eigenvalue weighted by atomic mass is 79.9. The highest BCUT2D eigenvalue weighted by molar-refractivity contribution is 9.11. The second kappa shape index (κ2) is 10.3. The molecule has 0 saturated carbocycles. The van der Waals surface area contributed by atoms with Crippen molar-refractivity contribution in [3.8, 4) is 5.75 Å². The first-order chi connectivity index (χ1) is 13.9. The second-order valence-corrected chi connectivity index (χ2v) is 8.46. The van der Waals surface area contributed by atoms with Gasteiger partial charge in [0.2, 0.25) is 0 Å². The number of carbonyl (C=O) groups excluding carboxylic acids is 1. The second-order valence-electron chi connectivity index (χ2n) is 5.91. The molecule has 29 heavy (non-hydrogen) atoms. The molecule has 0 atom stereocenters. The lowest BCUT2D eigenvalue weighted by molar-refractivity contribution is 0.0955. The highest BCUT2D eigenvalue weighted by Crippen LogP contribution is 2.35. The topological polar surface area (TPSA) is 50.7 Å². The summed E-state index contributed by atoms with van der Waals surface area (Å²) in [6.45, 7) is 0.448. The van der Waals surface area contributed by atoms with Crippen LogP contribution in [0.4, 0.5) is 0 Å². The Morgan fingerprint density at radius 3 is 2.38 bits per heavy atom. The van der Waals surface area contributed by atoms with Gasteiger partial charge < -0.3 is 4.74 Å². The van der Waals surface area contributed by atoms with E-state index >= 15 is 0 Å². The van der Waals surface area contributed by atoms with Gasteiger partial charge in [-0.25, -0.2) is 5.43 Å². The molecule has 1 amide bonds. The molecule has 3 aromatic rings. The number of hydrogen-bond acceptors (Lipinski definition) is 3. The Balaban J connectivity index is 1.66. The van der Waals surface area contributed by atoms with Crippen LogP contribution in [0, 0.1) is 0 Å².